The van der Waals surface area contributed by atoms with E-state index in [-0.39, 0.29) is 35.9 Å². The van der Waals surface area contributed by atoms with Gasteiger partial charge in [-0.05, 0) is 31.4 Å². The molecule has 0 unspecified atom stereocenters. The smallest absolute Gasteiger partial charge is 0.341 e. The lowest BCUT2D eigenvalue weighted by Crippen LogP contribution is -2.44. The fourth-order valence-electron chi connectivity index (χ4n) is 4.45. The summed E-state index contributed by atoms with van der Waals surface area (Å²) in [5.41, 5.74) is 4.53. The van der Waals surface area contributed by atoms with E-state index >= 15 is 0 Å². The Labute approximate surface area is 205 Å². The summed E-state index contributed by atoms with van der Waals surface area (Å²) in [5.74, 6) is 6.29. The molecule has 190 valence electrons. The predicted octanol–water partition coefficient (Wildman–Crippen LogP) is 2.58. The highest BCUT2D eigenvalue weighted by atomic mass is 19.4. The number of hydrogen-bond donors (Lipinski definition) is 1. The quantitative estimate of drug-likeness (QED) is 0.544. The average Bonchev–Trinajstić information content (AvgIpc) is 3.23. The monoisotopic (exact) mass is 500 g/mol. The predicted molar refractivity (Wildman–Crippen MR) is 133 cm³/mol. The van der Waals surface area contributed by atoms with E-state index in [9.17, 15) is 22.8 Å². The molecule has 0 radical (unpaired) electrons. The van der Waals surface area contributed by atoms with Gasteiger partial charge in [0.05, 0.1) is 12.1 Å². The van der Waals surface area contributed by atoms with Gasteiger partial charge in [0.15, 0.2) is 11.2 Å². The fourth-order valence-corrected chi connectivity index (χ4v) is 4.45. The van der Waals surface area contributed by atoms with Crippen LogP contribution in [-0.4, -0.2) is 37.8 Å². The SMILES string of the molecule is CC#CCn1c(N2CCC[C@@H](N)C2)nc2c1c(=O)n(CC=Cc1ccccc1C(F)(F)F)c(=O)n2C. The molecule has 2 N–H and O–H groups in total. The standard InChI is InChI=1S/C25H27F3N6O2/c1-3-4-14-33-20-21(30-23(33)32-13-8-11-18(29)16-32)31(2)24(36)34(22(20)35)15-7-10-17-9-5-6-12-19(17)25(26,27)28/h5-7,9-10,12,18H,8,11,13-16,29H2,1-2H3/t18-/m1/s1. The minimum Gasteiger partial charge on any atom is -0.341 e. The van der Waals surface area contributed by atoms with E-state index < -0.39 is 23.0 Å². The second kappa shape index (κ2) is 10.1. The Morgan fingerprint density at radius 1 is 1.22 bits per heavy atom. The number of nitrogens with two attached hydrogens (primary N) is 1. The topological polar surface area (TPSA) is 91.1 Å². The number of benzene rings is 1. The van der Waals surface area contributed by atoms with E-state index in [2.05, 4.69) is 16.8 Å². The van der Waals surface area contributed by atoms with Crippen LogP contribution in [0.1, 0.15) is 30.9 Å². The van der Waals surface area contributed by atoms with Crippen LogP contribution < -0.4 is 21.9 Å². The molecule has 0 amide bonds. The Balaban J connectivity index is 1.80. The highest BCUT2D eigenvalue weighted by molar-refractivity contribution is 5.75. The maximum atomic E-state index is 13.5. The summed E-state index contributed by atoms with van der Waals surface area (Å²) in [6.07, 6.45) is -0.125. The molecule has 0 aliphatic carbocycles. The number of hydrogen-bond acceptors (Lipinski definition) is 5. The summed E-state index contributed by atoms with van der Waals surface area (Å²) in [6, 6.07) is 5.08. The van der Waals surface area contributed by atoms with Gasteiger partial charge in [0.25, 0.3) is 5.56 Å². The minimum absolute atomic E-state index is 0.0329. The first-order valence-electron chi connectivity index (χ1n) is 11.6. The molecule has 3 aromatic rings. The molecule has 1 fully saturated rings. The van der Waals surface area contributed by atoms with Gasteiger partial charge >= 0.3 is 11.9 Å². The summed E-state index contributed by atoms with van der Waals surface area (Å²) >= 11 is 0. The van der Waals surface area contributed by atoms with Gasteiger partial charge in [0.2, 0.25) is 5.95 Å². The molecule has 0 bridgehead atoms. The zero-order valence-electron chi connectivity index (χ0n) is 20.0. The molecule has 3 heterocycles. The number of rotatable bonds is 5. The maximum Gasteiger partial charge on any atom is 0.416 e. The molecule has 1 aromatic carbocycles. The third-order valence-corrected chi connectivity index (χ3v) is 6.22. The number of allylic oxidation sites excluding steroid dienone is 1. The largest absolute Gasteiger partial charge is 0.416 e. The van der Waals surface area contributed by atoms with E-state index in [1.165, 1.54) is 42.0 Å². The lowest BCUT2D eigenvalue weighted by molar-refractivity contribution is -0.137. The van der Waals surface area contributed by atoms with Crippen LogP contribution in [0.15, 0.2) is 39.9 Å². The Bertz CT molecular complexity index is 1490. The van der Waals surface area contributed by atoms with Crippen molar-refractivity contribution >= 4 is 23.2 Å². The number of aromatic nitrogens is 4. The van der Waals surface area contributed by atoms with Gasteiger partial charge in [-0.2, -0.15) is 18.2 Å². The van der Waals surface area contributed by atoms with Gasteiger partial charge in [0, 0.05) is 32.7 Å². The molecule has 0 spiro atoms. The molecule has 1 aliphatic heterocycles. The molecule has 1 saturated heterocycles. The molecule has 11 heteroatoms. The number of imidazole rings is 1. The molecule has 1 atom stereocenters. The summed E-state index contributed by atoms with van der Waals surface area (Å²) < 4.78 is 43.9. The minimum atomic E-state index is -4.52. The lowest BCUT2D eigenvalue weighted by Gasteiger charge is -2.31. The van der Waals surface area contributed by atoms with E-state index in [1.54, 1.807) is 11.5 Å². The van der Waals surface area contributed by atoms with Crippen molar-refractivity contribution < 1.29 is 13.2 Å². The molecule has 2 aromatic heterocycles. The van der Waals surface area contributed by atoms with Crippen molar-refractivity contribution in [1.82, 2.24) is 18.7 Å². The number of alkyl halides is 3. The van der Waals surface area contributed by atoms with Crippen LogP contribution in [0.25, 0.3) is 17.2 Å². The Morgan fingerprint density at radius 3 is 2.67 bits per heavy atom. The van der Waals surface area contributed by atoms with Crippen LogP contribution in [-0.2, 0) is 26.3 Å². The Kier molecular flexibility index (Phi) is 7.08. The first-order valence-corrected chi connectivity index (χ1v) is 11.6. The van der Waals surface area contributed by atoms with E-state index in [1.807, 2.05) is 4.90 Å². The summed E-state index contributed by atoms with van der Waals surface area (Å²) in [7, 11) is 1.51. The molecule has 1 aliphatic rings. The maximum absolute atomic E-state index is 13.5. The van der Waals surface area contributed by atoms with Crippen LogP contribution in [0, 0.1) is 11.8 Å². The van der Waals surface area contributed by atoms with Crippen molar-refractivity contribution in [3.05, 3.63) is 62.3 Å². The average molecular weight is 501 g/mol. The van der Waals surface area contributed by atoms with Gasteiger partial charge in [-0.25, -0.2) is 4.79 Å². The van der Waals surface area contributed by atoms with Gasteiger partial charge in [0.1, 0.15) is 0 Å². The van der Waals surface area contributed by atoms with Gasteiger partial charge in [-0.15, -0.1) is 5.92 Å². The Morgan fingerprint density at radius 2 is 1.97 bits per heavy atom. The molecular formula is C25H27F3N6O2. The zero-order valence-corrected chi connectivity index (χ0v) is 20.0. The number of piperidine rings is 1. The second-order valence-corrected chi connectivity index (χ2v) is 8.69. The fraction of sp³-hybridized carbons (Fsp3) is 0.400. The van der Waals surface area contributed by atoms with Crippen molar-refractivity contribution in [2.24, 2.45) is 12.8 Å². The lowest BCUT2D eigenvalue weighted by atomic mass is 10.1. The number of halogens is 3. The number of anilines is 1. The van der Waals surface area contributed by atoms with E-state index in [0.29, 0.717) is 19.0 Å². The Hall–Kier alpha value is -3.78. The number of fused-ring (bicyclic) bond motifs is 1. The van der Waals surface area contributed by atoms with Crippen molar-refractivity contribution in [1.29, 1.82) is 0 Å². The molecule has 36 heavy (non-hydrogen) atoms. The first kappa shape index (κ1) is 25.3. The highest BCUT2D eigenvalue weighted by Gasteiger charge is 2.32. The normalized spacial score (nSPS) is 16.5. The highest BCUT2D eigenvalue weighted by Crippen LogP contribution is 2.32. The molecule has 0 saturated carbocycles. The van der Waals surface area contributed by atoms with Crippen LogP contribution >= 0.6 is 0 Å². The van der Waals surface area contributed by atoms with Crippen molar-refractivity contribution in [2.45, 2.75) is 45.1 Å². The van der Waals surface area contributed by atoms with Crippen molar-refractivity contribution in [3.63, 3.8) is 0 Å². The van der Waals surface area contributed by atoms with Crippen molar-refractivity contribution in [2.75, 3.05) is 18.0 Å². The summed E-state index contributed by atoms with van der Waals surface area (Å²) in [5, 5.41) is 0. The number of aryl methyl sites for hydroxylation is 1. The van der Waals surface area contributed by atoms with Gasteiger partial charge in [-0.3, -0.25) is 18.5 Å². The summed E-state index contributed by atoms with van der Waals surface area (Å²) in [4.78, 5) is 33.2. The molecule has 4 rings (SSSR count). The third kappa shape index (κ3) is 4.81. The van der Waals surface area contributed by atoms with Crippen LogP contribution in [0.5, 0.6) is 0 Å². The molecule has 8 nitrogen and oxygen atoms in total. The van der Waals surface area contributed by atoms with Gasteiger partial charge in [-0.1, -0.05) is 36.3 Å². The van der Waals surface area contributed by atoms with E-state index in [0.717, 1.165) is 23.5 Å². The third-order valence-electron chi connectivity index (χ3n) is 6.22. The van der Waals surface area contributed by atoms with E-state index in [4.69, 9.17) is 5.73 Å². The van der Waals surface area contributed by atoms with Crippen LogP contribution in [0.3, 0.4) is 0 Å². The number of nitrogens with zero attached hydrogens (tertiary/aromatic N) is 5. The van der Waals surface area contributed by atoms with Crippen LogP contribution in [0.2, 0.25) is 0 Å². The van der Waals surface area contributed by atoms with Crippen molar-refractivity contribution in [3.8, 4) is 11.8 Å². The van der Waals surface area contributed by atoms with Gasteiger partial charge < -0.3 is 10.6 Å². The van der Waals surface area contributed by atoms with Crippen LogP contribution in [0.4, 0.5) is 19.1 Å². The summed E-state index contributed by atoms with van der Waals surface area (Å²) in [6.45, 7) is 2.94. The molecular weight excluding hydrogens is 473 g/mol. The first-order chi connectivity index (χ1) is 17.1. The second-order valence-electron chi connectivity index (χ2n) is 8.69. The zero-order chi connectivity index (χ0) is 26.0.